The van der Waals surface area contributed by atoms with Crippen molar-refractivity contribution in [2.75, 3.05) is 13.2 Å². The van der Waals surface area contributed by atoms with Crippen LogP contribution in [0, 0.1) is 5.41 Å². The van der Waals surface area contributed by atoms with E-state index in [4.69, 9.17) is 14.9 Å². The number of nitrogens with zero attached hydrogens (tertiary/aromatic N) is 3. The van der Waals surface area contributed by atoms with E-state index in [-0.39, 0.29) is 29.1 Å². The number of halogens is 3. The Hall–Kier alpha value is -3.60. The first kappa shape index (κ1) is 21.6. The van der Waals surface area contributed by atoms with Gasteiger partial charge in [-0.1, -0.05) is 30.3 Å². The minimum Gasteiger partial charge on any atom is -0.490 e. The number of hydrogen-bond donors (Lipinski definition) is 1. The predicted molar refractivity (Wildman–Crippen MR) is 115 cm³/mol. The fraction of sp³-hybridized carbons (Fsp3) is 0.143. The van der Waals surface area contributed by atoms with E-state index in [1.165, 1.54) is 6.08 Å². The standard InChI is InChI=1S/C21H15F3N4O3S/c22-21(23,24)19-27-28-17(25)16(18(29)26-20(28)32-19)12-13-5-4-8-15(11-13)31-10-9-30-14-6-2-1-3-7-14/h1-8,11-12,25H,9-10H2. The van der Waals surface area contributed by atoms with E-state index in [1.54, 1.807) is 24.3 Å². The van der Waals surface area contributed by atoms with Crippen LogP contribution in [0.2, 0.25) is 0 Å². The fourth-order valence-electron chi connectivity index (χ4n) is 2.80. The quantitative estimate of drug-likeness (QED) is 0.512. The van der Waals surface area contributed by atoms with Crippen molar-refractivity contribution in [3.05, 3.63) is 65.7 Å². The monoisotopic (exact) mass is 460 g/mol. The van der Waals surface area contributed by atoms with Gasteiger partial charge < -0.3 is 9.47 Å². The highest BCUT2D eigenvalue weighted by molar-refractivity contribution is 8.27. The van der Waals surface area contributed by atoms with Crippen molar-refractivity contribution in [2.24, 2.45) is 10.1 Å². The number of thioether (sulfide) groups is 1. The summed E-state index contributed by atoms with van der Waals surface area (Å²) in [5, 5.41) is 10.8. The number of alkyl halides is 3. The van der Waals surface area contributed by atoms with Crippen LogP contribution in [0.1, 0.15) is 5.56 Å². The van der Waals surface area contributed by atoms with E-state index in [0.29, 0.717) is 22.9 Å². The van der Waals surface area contributed by atoms with Crippen LogP contribution in [-0.4, -0.2) is 46.4 Å². The second-order valence-corrected chi connectivity index (χ2v) is 7.46. The molecule has 2 heterocycles. The number of para-hydroxylation sites is 1. The molecule has 32 heavy (non-hydrogen) atoms. The SMILES string of the molecule is N=C1C(=Cc2cccc(OCCOc3ccccc3)c2)C(=O)N=C2SC(C(F)(F)F)=NN12. The lowest BCUT2D eigenvalue weighted by Gasteiger charge is -2.20. The second-order valence-electron chi connectivity index (χ2n) is 6.51. The molecule has 2 aliphatic heterocycles. The van der Waals surface area contributed by atoms with E-state index < -0.39 is 23.0 Å². The summed E-state index contributed by atoms with van der Waals surface area (Å²) in [6, 6.07) is 16.0. The van der Waals surface area contributed by atoms with Gasteiger partial charge in [0.25, 0.3) is 5.91 Å². The van der Waals surface area contributed by atoms with Crippen molar-refractivity contribution in [1.82, 2.24) is 5.01 Å². The van der Waals surface area contributed by atoms with E-state index in [2.05, 4.69) is 10.1 Å². The van der Waals surface area contributed by atoms with Crippen LogP contribution >= 0.6 is 11.8 Å². The normalized spacial score (nSPS) is 17.2. The summed E-state index contributed by atoms with van der Waals surface area (Å²) in [6.07, 6.45) is -3.32. The van der Waals surface area contributed by atoms with Gasteiger partial charge in [-0.15, -0.1) is 0 Å². The van der Waals surface area contributed by atoms with Crippen LogP contribution in [-0.2, 0) is 4.79 Å². The van der Waals surface area contributed by atoms with Crippen molar-refractivity contribution in [3.8, 4) is 11.5 Å². The summed E-state index contributed by atoms with van der Waals surface area (Å²) in [7, 11) is 0. The molecule has 0 saturated heterocycles. The zero-order chi connectivity index (χ0) is 22.7. The first-order valence-electron chi connectivity index (χ1n) is 9.29. The number of hydrogen-bond acceptors (Lipinski definition) is 6. The van der Waals surface area contributed by atoms with Gasteiger partial charge in [-0.25, -0.2) is 0 Å². The number of nitrogens with one attached hydrogen (secondary N) is 1. The Bertz CT molecular complexity index is 1150. The molecule has 0 aromatic heterocycles. The molecule has 2 aromatic carbocycles. The van der Waals surface area contributed by atoms with Crippen molar-refractivity contribution in [2.45, 2.75) is 6.18 Å². The maximum absolute atomic E-state index is 12.9. The maximum atomic E-state index is 12.9. The van der Waals surface area contributed by atoms with Crippen LogP contribution in [0.5, 0.6) is 11.5 Å². The van der Waals surface area contributed by atoms with Crippen LogP contribution < -0.4 is 9.47 Å². The molecule has 0 atom stereocenters. The number of ether oxygens (including phenoxy) is 2. The Morgan fingerprint density at radius 1 is 1.03 bits per heavy atom. The lowest BCUT2D eigenvalue weighted by molar-refractivity contribution is -0.114. The third-order valence-corrected chi connectivity index (χ3v) is 5.18. The number of fused-ring (bicyclic) bond motifs is 1. The number of carbonyl (C=O) groups excluding carboxylic acids is 1. The Balaban J connectivity index is 1.44. The van der Waals surface area contributed by atoms with E-state index >= 15 is 0 Å². The molecule has 0 saturated carbocycles. The zero-order valence-electron chi connectivity index (χ0n) is 16.3. The van der Waals surface area contributed by atoms with Gasteiger partial charge in [0.05, 0.1) is 5.57 Å². The Morgan fingerprint density at radius 3 is 2.44 bits per heavy atom. The zero-order valence-corrected chi connectivity index (χ0v) is 17.1. The van der Waals surface area contributed by atoms with E-state index in [1.807, 2.05) is 30.3 Å². The topological polar surface area (TPSA) is 87.3 Å². The van der Waals surface area contributed by atoms with Gasteiger partial charge in [-0.3, -0.25) is 10.2 Å². The molecule has 2 aliphatic rings. The van der Waals surface area contributed by atoms with Crippen molar-refractivity contribution in [1.29, 1.82) is 5.41 Å². The molecule has 0 bridgehead atoms. The molecule has 7 nitrogen and oxygen atoms in total. The molecule has 2 aromatic rings. The maximum Gasteiger partial charge on any atom is 0.441 e. The molecule has 0 fully saturated rings. The van der Waals surface area contributed by atoms with Gasteiger partial charge in [-0.2, -0.15) is 28.3 Å². The largest absolute Gasteiger partial charge is 0.490 e. The first-order chi connectivity index (χ1) is 15.3. The Morgan fingerprint density at radius 2 is 1.72 bits per heavy atom. The van der Waals surface area contributed by atoms with Crippen LogP contribution in [0.15, 0.2) is 70.3 Å². The number of aliphatic imine (C=N–C) groups is 1. The summed E-state index contributed by atoms with van der Waals surface area (Å²) >= 11 is 0.210. The highest BCUT2D eigenvalue weighted by Crippen LogP contribution is 2.35. The molecule has 11 heteroatoms. The predicted octanol–water partition coefficient (Wildman–Crippen LogP) is 4.33. The van der Waals surface area contributed by atoms with E-state index in [9.17, 15) is 18.0 Å². The summed E-state index contributed by atoms with van der Waals surface area (Å²) in [5.74, 6) is -0.0614. The van der Waals surface area contributed by atoms with Crippen LogP contribution in [0.4, 0.5) is 13.2 Å². The molecule has 0 spiro atoms. The summed E-state index contributed by atoms with van der Waals surface area (Å²) in [5.41, 5.74) is 0.344. The van der Waals surface area contributed by atoms with E-state index in [0.717, 1.165) is 5.75 Å². The van der Waals surface area contributed by atoms with Crippen molar-refractivity contribution >= 4 is 39.8 Å². The number of hydrazone groups is 1. The molecule has 1 N–H and O–H groups in total. The summed E-state index contributed by atoms with van der Waals surface area (Å²) in [4.78, 5) is 16.0. The minimum atomic E-state index is -4.69. The lowest BCUT2D eigenvalue weighted by atomic mass is 10.1. The lowest BCUT2D eigenvalue weighted by Crippen LogP contribution is -2.35. The second kappa shape index (κ2) is 8.87. The molecule has 4 rings (SSSR count). The van der Waals surface area contributed by atoms with Gasteiger partial charge in [0.1, 0.15) is 24.7 Å². The highest BCUT2D eigenvalue weighted by atomic mass is 32.2. The first-order valence-corrected chi connectivity index (χ1v) is 10.1. The smallest absolute Gasteiger partial charge is 0.441 e. The van der Waals surface area contributed by atoms with Crippen LogP contribution in [0.25, 0.3) is 6.08 Å². The number of amidine groups is 2. The molecule has 0 unspecified atom stereocenters. The number of rotatable bonds is 6. The third-order valence-electron chi connectivity index (χ3n) is 4.23. The van der Waals surface area contributed by atoms with Gasteiger partial charge in [0.2, 0.25) is 10.2 Å². The summed E-state index contributed by atoms with van der Waals surface area (Å²) < 4.78 is 49.9. The number of benzene rings is 2. The van der Waals surface area contributed by atoms with Crippen LogP contribution in [0.3, 0.4) is 0 Å². The van der Waals surface area contributed by atoms with Gasteiger partial charge in [-0.05, 0) is 47.7 Å². The van der Waals surface area contributed by atoms with Gasteiger partial charge in [0.15, 0.2) is 5.84 Å². The number of amides is 1. The van der Waals surface area contributed by atoms with Gasteiger partial charge >= 0.3 is 6.18 Å². The molecule has 1 amide bonds. The molecular weight excluding hydrogens is 445 g/mol. The molecule has 164 valence electrons. The van der Waals surface area contributed by atoms with Crippen molar-refractivity contribution < 1.29 is 27.4 Å². The van der Waals surface area contributed by atoms with Crippen molar-refractivity contribution in [3.63, 3.8) is 0 Å². The summed E-state index contributed by atoms with van der Waals surface area (Å²) in [6.45, 7) is 0.597. The Kier molecular flexibility index (Phi) is 5.99. The average molecular weight is 460 g/mol. The average Bonchev–Trinajstić information content (AvgIpc) is 3.20. The third kappa shape index (κ3) is 4.83. The minimum absolute atomic E-state index is 0.175. The van der Waals surface area contributed by atoms with Gasteiger partial charge in [0, 0.05) is 0 Å². The highest BCUT2D eigenvalue weighted by Gasteiger charge is 2.46. The molecule has 0 radical (unpaired) electrons. The number of carbonyl (C=O) groups is 1. The fourth-order valence-corrected chi connectivity index (χ4v) is 3.56. The molecular formula is C21H15F3N4O3S. The Labute approximate surface area is 184 Å². The molecule has 0 aliphatic carbocycles.